The number of benzene rings is 1. The molecule has 1 aromatic heterocycles. The first kappa shape index (κ1) is 18.7. The summed E-state index contributed by atoms with van der Waals surface area (Å²) in [5.41, 5.74) is 2.04. The predicted molar refractivity (Wildman–Crippen MR) is 106 cm³/mol. The molecule has 3 N–H and O–H groups in total. The summed E-state index contributed by atoms with van der Waals surface area (Å²) in [5, 5.41) is 7.83. The van der Waals surface area contributed by atoms with Crippen LogP contribution in [0.5, 0.6) is 0 Å². The highest BCUT2D eigenvalue weighted by Crippen LogP contribution is 2.19. The molecule has 1 aromatic carbocycles. The van der Waals surface area contributed by atoms with E-state index in [-0.39, 0.29) is 5.82 Å². The smallest absolute Gasteiger partial charge is 0.191 e. The van der Waals surface area contributed by atoms with Crippen LogP contribution in [-0.4, -0.2) is 54.6 Å². The summed E-state index contributed by atoms with van der Waals surface area (Å²) in [7, 11) is 0. The second-order valence-corrected chi connectivity index (χ2v) is 6.82. The maximum absolute atomic E-state index is 13.3. The van der Waals surface area contributed by atoms with Crippen molar-refractivity contribution in [3.8, 4) is 0 Å². The van der Waals surface area contributed by atoms with Gasteiger partial charge in [-0.25, -0.2) is 4.39 Å². The van der Waals surface area contributed by atoms with E-state index < -0.39 is 0 Å². The molecule has 5 nitrogen and oxygen atoms in total. The molecule has 142 valence electrons. The summed E-state index contributed by atoms with van der Waals surface area (Å²) >= 11 is 0. The number of halogens is 1. The van der Waals surface area contributed by atoms with Gasteiger partial charge in [-0.3, -0.25) is 9.89 Å². The first-order chi connectivity index (χ1) is 12.7. The van der Waals surface area contributed by atoms with Crippen molar-refractivity contribution in [3.05, 3.63) is 35.8 Å². The van der Waals surface area contributed by atoms with Gasteiger partial charge in [-0.1, -0.05) is 6.92 Å². The van der Waals surface area contributed by atoms with Crippen LogP contribution < -0.4 is 10.6 Å². The van der Waals surface area contributed by atoms with Crippen LogP contribution in [0, 0.1) is 5.82 Å². The third kappa shape index (κ3) is 4.55. The standard InChI is InChI=1S/C20H30FN5/c1-3-22-20(25-14-17-6-5-11-26(17)4-2)23-10-9-15-13-24-19-12-16(21)7-8-18(15)19/h7-8,12-13,17,24H,3-6,9-11,14H2,1-2H3,(H2,22,23,25). The monoisotopic (exact) mass is 359 g/mol. The Morgan fingerprint density at radius 3 is 3.04 bits per heavy atom. The number of likely N-dealkylation sites (N-methyl/N-ethyl adjacent to an activating group) is 1. The molecule has 0 bridgehead atoms. The fourth-order valence-corrected chi connectivity index (χ4v) is 3.74. The van der Waals surface area contributed by atoms with Crippen LogP contribution in [0.1, 0.15) is 32.3 Å². The second kappa shape index (κ2) is 9.03. The number of guanidine groups is 1. The zero-order chi connectivity index (χ0) is 18.4. The first-order valence-corrected chi connectivity index (χ1v) is 9.73. The fraction of sp³-hybridized carbons (Fsp3) is 0.550. The highest BCUT2D eigenvalue weighted by molar-refractivity contribution is 5.83. The van der Waals surface area contributed by atoms with Gasteiger partial charge >= 0.3 is 0 Å². The van der Waals surface area contributed by atoms with Crippen molar-refractivity contribution in [1.29, 1.82) is 0 Å². The van der Waals surface area contributed by atoms with Crippen molar-refractivity contribution in [3.63, 3.8) is 0 Å². The summed E-state index contributed by atoms with van der Waals surface area (Å²) in [6.07, 6.45) is 5.34. The van der Waals surface area contributed by atoms with Gasteiger partial charge in [0.05, 0.1) is 6.54 Å². The Balaban J connectivity index is 1.55. The van der Waals surface area contributed by atoms with E-state index in [1.54, 1.807) is 6.07 Å². The van der Waals surface area contributed by atoms with Gasteiger partial charge in [-0.05, 0) is 63.0 Å². The van der Waals surface area contributed by atoms with Gasteiger partial charge in [-0.15, -0.1) is 0 Å². The summed E-state index contributed by atoms with van der Waals surface area (Å²) in [5.74, 6) is 0.667. The molecule has 0 saturated carbocycles. The molecule has 0 amide bonds. The minimum Gasteiger partial charge on any atom is -0.361 e. The van der Waals surface area contributed by atoms with Crippen molar-refractivity contribution in [1.82, 2.24) is 20.5 Å². The number of rotatable bonds is 7. The molecule has 2 aromatic rings. The molecule has 1 saturated heterocycles. The molecule has 1 aliphatic heterocycles. The highest BCUT2D eigenvalue weighted by Gasteiger charge is 2.22. The number of H-pyrrole nitrogens is 1. The molecular weight excluding hydrogens is 329 g/mol. The van der Waals surface area contributed by atoms with E-state index in [0.29, 0.717) is 6.04 Å². The summed E-state index contributed by atoms with van der Waals surface area (Å²) in [4.78, 5) is 10.4. The number of nitrogens with one attached hydrogen (secondary N) is 3. The zero-order valence-corrected chi connectivity index (χ0v) is 15.8. The molecule has 1 aliphatic rings. The van der Waals surface area contributed by atoms with Crippen molar-refractivity contribution >= 4 is 16.9 Å². The number of fused-ring (bicyclic) bond motifs is 1. The maximum Gasteiger partial charge on any atom is 0.191 e. The second-order valence-electron chi connectivity index (χ2n) is 6.82. The molecule has 1 atom stereocenters. The summed E-state index contributed by atoms with van der Waals surface area (Å²) in [6, 6.07) is 5.47. The molecule has 6 heteroatoms. The van der Waals surface area contributed by atoms with Crippen LogP contribution in [0.15, 0.2) is 29.4 Å². The number of nitrogens with zero attached hydrogens (tertiary/aromatic N) is 2. The van der Waals surface area contributed by atoms with E-state index >= 15 is 0 Å². The van der Waals surface area contributed by atoms with Crippen molar-refractivity contribution < 1.29 is 4.39 Å². The van der Waals surface area contributed by atoms with Gasteiger partial charge in [0.1, 0.15) is 5.82 Å². The quantitative estimate of drug-likeness (QED) is 0.526. The Morgan fingerprint density at radius 2 is 2.23 bits per heavy atom. The van der Waals surface area contributed by atoms with E-state index in [4.69, 9.17) is 4.99 Å². The molecular formula is C20H30FN5. The van der Waals surface area contributed by atoms with Gasteiger partial charge in [0.25, 0.3) is 0 Å². The van der Waals surface area contributed by atoms with E-state index in [0.717, 1.165) is 49.5 Å². The SMILES string of the molecule is CCNC(=NCC1CCCN1CC)NCCc1c[nH]c2cc(F)ccc12. The van der Waals surface area contributed by atoms with Crippen LogP contribution in [0.3, 0.4) is 0 Å². The lowest BCUT2D eigenvalue weighted by Gasteiger charge is -2.21. The van der Waals surface area contributed by atoms with Gasteiger partial charge in [0.15, 0.2) is 5.96 Å². The van der Waals surface area contributed by atoms with Crippen LogP contribution in [0.25, 0.3) is 10.9 Å². The maximum atomic E-state index is 13.3. The first-order valence-electron chi connectivity index (χ1n) is 9.73. The van der Waals surface area contributed by atoms with E-state index in [1.807, 2.05) is 12.3 Å². The largest absolute Gasteiger partial charge is 0.361 e. The van der Waals surface area contributed by atoms with Crippen molar-refractivity contribution in [2.24, 2.45) is 4.99 Å². The average Bonchev–Trinajstić information content (AvgIpc) is 3.25. The number of hydrogen-bond acceptors (Lipinski definition) is 2. The van der Waals surface area contributed by atoms with Crippen LogP contribution >= 0.6 is 0 Å². The Labute approximate surface area is 155 Å². The Bertz CT molecular complexity index is 739. The third-order valence-electron chi connectivity index (χ3n) is 5.13. The summed E-state index contributed by atoms with van der Waals surface area (Å²) < 4.78 is 13.3. The van der Waals surface area contributed by atoms with Crippen molar-refractivity contribution in [2.45, 2.75) is 39.2 Å². The van der Waals surface area contributed by atoms with E-state index in [9.17, 15) is 4.39 Å². The minimum absolute atomic E-state index is 0.210. The molecule has 26 heavy (non-hydrogen) atoms. The molecule has 0 radical (unpaired) electrons. The Hall–Kier alpha value is -2.08. The van der Waals surface area contributed by atoms with Gasteiger partial charge in [0.2, 0.25) is 0 Å². The predicted octanol–water partition coefficient (Wildman–Crippen LogP) is 2.89. The number of aromatic amines is 1. The lowest BCUT2D eigenvalue weighted by atomic mass is 10.1. The van der Waals surface area contributed by atoms with Crippen LogP contribution in [0.2, 0.25) is 0 Å². The number of likely N-dealkylation sites (tertiary alicyclic amines) is 1. The Morgan fingerprint density at radius 1 is 1.35 bits per heavy atom. The molecule has 0 aliphatic carbocycles. The number of aromatic nitrogens is 1. The lowest BCUT2D eigenvalue weighted by Crippen LogP contribution is -2.40. The van der Waals surface area contributed by atoms with Gasteiger partial charge in [0, 0.05) is 36.2 Å². The van der Waals surface area contributed by atoms with E-state index in [2.05, 4.69) is 34.4 Å². The van der Waals surface area contributed by atoms with Crippen LogP contribution in [0.4, 0.5) is 4.39 Å². The lowest BCUT2D eigenvalue weighted by molar-refractivity contribution is 0.273. The third-order valence-corrected chi connectivity index (χ3v) is 5.13. The summed E-state index contributed by atoms with van der Waals surface area (Å²) in [6.45, 7) is 9.08. The molecule has 2 heterocycles. The van der Waals surface area contributed by atoms with Gasteiger partial charge < -0.3 is 15.6 Å². The van der Waals surface area contributed by atoms with Crippen LogP contribution in [-0.2, 0) is 6.42 Å². The van der Waals surface area contributed by atoms with Gasteiger partial charge in [-0.2, -0.15) is 0 Å². The highest BCUT2D eigenvalue weighted by atomic mass is 19.1. The molecule has 3 rings (SSSR count). The molecule has 0 spiro atoms. The topological polar surface area (TPSA) is 55.5 Å². The van der Waals surface area contributed by atoms with E-state index in [1.165, 1.54) is 31.0 Å². The molecule has 1 unspecified atom stereocenters. The van der Waals surface area contributed by atoms with Crippen molar-refractivity contribution in [2.75, 3.05) is 32.7 Å². The normalized spacial score (nSPS) is 18.6. The minimum atomic E-state index is -0.210. The zero-order valence-electron chi connectivity index (χ0n) is 15.8. The fourth-order valence-electron chi connectivity index (χ4n) is 3.74. The number of hydrogen-bond donors (Lipinski definition) is 3. The average molecular weight is 359 g/mol. The number of aliphatic imine (C=N–C) groups is 1. The molecule has 1 fully saturated rings. The Kier molecular flexibility index (Phi) is 6.50.